The van der Waals surface area contributed by atoms with Crippen LogP contribution in [0.3, 0.4) is 0 Å². The lowest BCUT2D eigenvalue weighted by atomic mass is 10.1. The molecule has 5 heteroatoms. The van der Waals surface area contributed by atoms with Crippen molar-refractivity contribution in [1.82, 2.24) is 4.72 Å². The van der Waals surface area contributed by atoms with Gasteiger partial charge in [-0.3, -0.25) is 9.52 Å². The molecule has 1 atom stereocenters. The van der Waals surface area contributed by atoms with Crippen LogP contribution < -0.4 is 9.62 Å². The van der Waals surface area contributed by atoms with Gasteiger partial charge in [-0.2, -0.15) is 0 Å². The largest absolute Gasteiger partial charge is 0.372 e. The second-order valence-corrected chi connectivity index (χ2v) is 7.71. The number of amides is 1. The van der Waals surface area contributed by atoms with Crippen molar-refractivity contribution in [2.24, 2.45) is 0 Å². The molecule has 0 radical (unpaired) electrons. The molecular formula is C21H36N2O2S. The third-order valence-electron chi connectivity index (χ3n) is 4.49. The number of carbonyl (C=O) groups is 1. The number of nitrogens with zero attached hydrogens (tertiary/aromatic N) is 1. The molecule has 2 rings (SSSR count). The molecule has 4 nitrogen and oxygen atoms in total. The van der Waals surface area contributed by atoms with Crippen molar-refractivity contribution in [3.63, 3.8) is 0 Å². The number of nitrogens with one attached hydrogen (secondary N) is 1. The zero-order valence-electron chi connectivity index (χ0n) is 16.8. The molecule has 1 fully saturated rings. The predicted octanol–water partition coefficient (Wildman–Crippen LogP) is 5.20. The van der Waals surface area contributed by atoms with E-state index in [9.17, 15) is 9.00 Å². The number of unbranched alkanes of at least 4 members (excludes halogenated alkanes) is 5. The van der Waals surface area contributed by atoms with Crippen LogP contribution in [0.15, 0.2) is 29.2 Å². The number of hydrogen-bond acceptors (Lipinski definition) is 3. The first-order valence-corrected chi connectivity index (χ1v) is 11.4. The monoisotopic (exact) mass is 380 g/mol. The molecule has 1 N–H and O–H groups in total. The number of rotatable bonds is 10. The van der Waals surface area contributed by atoms with Gasteiger partial charge in [-0.1, -0.05) is 52.9 Å². The van der Waals surface area contributed by atoms with Crippen molar-refractivity contribution < 1.29 is 9.00 Å². The Bertz CT molecular complexity index is 525. The Morgan fingerprint density at radius 1 is 1.00 bits per heavy atom. The van der Waals surface area contributed by atoms with Gasteiger partial charge in [-0.05, 0) is 43.5 Å². The van der Waals surface area contributed by atoms with Crippen molar-refractivity contribution in [3.8, 4) is 0 Å². The summed E-state index contributed by atoms with van der Waals surface area (Å²) in [5.41, 5.74) is 1.17. The molecule has 1 amide bonds. The van der Waals surface area contributed by atoms with Crippen LogP contribution in [0.4, 0.5) is 5.69 Å². The minimum absolute atomic E-state index is 0.118. The maximum atomic E-state index is 12.2. The highest BCUT2D eigenvalue weighted by Gasteiger charge is 2.13. The fraction of sp³-hybridized carbons (Fsp3) is 0.667. The maximum Gasteiger partial charge on any atom is 0.231 e. The smallest absolute Gasteiger partial charge is 0.231 e. The van der Waals surface area contributed by atoms with Gasteiger partial charge < -0.3 is 4.90 Å². The van der Waals surface area contributed by atoms with Crippen LogP contribution in [-0.2, 0) is 15.8 Å². The molecule has 26 heavy (non-hydrogen) atoms. The zero-order chi connectivity index (χ0) is 19.2. The van der Waals surface area contributed by atoms with Gasteiger partial charge in [0.15, 0.2) is 11.0 Å². The summed E-state index contributed by atoms with van der Waals surface area (Å²) in [5.74, 6) is -0.118. The molecule has 1 aliphatic rings. The lowest BCUT2D eigenvalue weighted by Crippen LogP contribution is -2.25. The van der Waals surface area contributed by atoms with Gasteiger partial charge in [-0.15, -0.1) is 0 Å². The Labute approximate surface area is 162 Å². The second kappa shape index (κ2) is 13.8. The van der Waals surface area contributed by atoms with Crippen LogP contribution in [0.25, 0.3) is 0 Å². The van der Waals surface area contributed by atoms with Crippen LogP contribution >= 0.6 is 0 Å². The van der Waals surface area contributed by atoms with E-state index in [1.54, 1.807) is 0 Å². The summed E-state index contributed by atoms with van der Waals surface area (Å²) in [7, 11) is -1.45. The fourth-order valence-corrected chi connectivity index (χ4v) is 3.85. The summed E-state index contributed by atoms with van der Waals surface area (Å²) in [6, 6.07) is 7.71. The third kappa shape index (κ3) is 8.35. The van der Waals surface area contributed by atoms with E-state index in [-0.39, 0.29) is 5.91 Å². The molecule has 0 spiro atoms. The molecule has 1 heterocycles. The van der Waals surface area contributed by atoms with Gasteiger partial charge in [0.05, 0.1) is 4.90 Å². The summed E-state index contributed by atoms with van der Waals surface area (Å²) < 4.78 is 14.8. The SMILES string of the molecule is CC.CCCCCCCCC(=O)NS(=O)c1ccc(N2CCCC2)cc1. The van der Waals surface area contributed by atoms with Crippen LogP contribution in [0.2, 0.25) is 0 Å². The van der Waals surface area contributed by atoms with E-state index >= 15 is 0 Å². The van der Waals surface area contributed by atoms with E-state index < -0.39 is 11.0 Å². The van der Waals surface area contributed by atoms with Gasteiger partial charge in [0.1, 0.15) is 0 Å². The van der Waals surface area contributed by atoms with E-state index in [0.717, 1.165) is 25.9 Å². The first kappa shape index (κ1) is 22.7. The number of carbonyl (C=O) groups excluding carboxylic acids is 1. The van der Waals surface area contributed by atoms with Crippen molar-refractivity contribution in [2.45, 2.75) is 83.5 Å². The fourth-order valence-electron chi connectivity index (χ4n) is 3.04. The molecule has 148 valence electrons. The van der Waals surface area contributed by atoms with Crippen LogP contribution in [0, 0.1) is 0 Å². The van der Waals surface area contributed by atoms with E-state index in [2.05, 4.69) is 16.5 Å². The van der Waals surface area contributed by atoms with Crippen LogP contribution in [0.5, 0.6) is 0 Å². The highest BCUT2D eigenvalue weighted by atomic mass is 32.2. The standard InChI is InChI=1S/C19H30N2O2S.C2H6/c1-2-3-4-5-6-7-10-19(22)20-24(23)18-13-11-17(12-14-18)21-15-8-9-16-21;1-2/h11-14H,2-10,15-16H2,1H3,(H,20,22);1-2H3. The van der Waals surface area contributed by atoms with Crippen molar-refractivity contribution in [3.05, 3.63) is 24.3 Å². The molecule has 1 saturated heterocycles. The van der Waals surface area contributed by atoms with Crippen molar-refractivity contribution in [1.29, 1.82) is 0 Å². The quantitative estimate of drug-likeness (QED) is 0.567. The van der Waals surface area contributed by atoms with Crippen molar-refractivity contribution >= 4 is 22.6 Å². The van der Waals surface area contributed by atoms with E-state index in [1.165, 1.54) is 44.2 Å². The first-order chi connectivity index (χ1) is 12.7. The third-order valence-corrected chi connectivity index (χ3v) is 5.60. The Hall–Kier alpha value is -1.36. The summed E-state index contributed by atoms with van der Waals surface area (Å²) >= 11 is 0. The summed E-state index contributed by atoms with van der Waals surface area (Å²) in [4.78, 5) is 14.9. The number of benzene rings is 1. The zero-order valence-corrected chi connectivity index (χ0v) is 17.6. The molecular weight excluding hydrogens is 344 g/mol. The average Bonchev–Trinajstić information content (AvgIpc) is 3.21. The minimum Gasteiger partial charge on any atom is -0.372 e. The highest BCUT2D eigenvalue weighted by molar-refractivity contribution is 7.83. The number of hydrogen-bond donors (Lipinski definition) is 1. The van der Waals surface area contributed by atoms with Gasteiger partial charge in [0, 0.05) is 25.2 Å². The normalized spacial score (nSPS) is 14.5. The number of anilines is 1. The van der Waals surface area contributed by atoms with E-state index in [4.69, 9.17) is 0 Å². The summed E-state index contributed by atoms with van der Waals surface area (Å²) in [6.07, 6.45) is 9.81. The lowest BCUT2D eigenvalue weighted by molar-refractivity contribution is -0.119. The predicted molar refractivity (Wildman–Crippen MR) is 112 cm³/mol. The summed E-state index contributed by atoms with van der Waals surface area (Å²) in [6.45, 7) is 8.38. The molecule has 0 saturated carbocycles. The van der Waals surface area contributed by atoms with Gasteiger partial charge >= 0.3 is 0 Å². The van der Waals surface area contributed by atoms with E-state index in [1.807, 2.05) is 38.1 Å². The van der Waals surface area contributed by atoms with E-state index in [0.29, 0.717) is 11.3 Å². The van der Waals surface area contributed by atoms with Gasteiger partial charge in [0.2, 0.25) is 5.91 Å². The Balaban J connectivity index is 0.00000163. The highest BCUT2D eigenvalue weighted by Crippen LogP contribution is 2.21. The summed E-state index contributed by atoms with van der Waals surface area (Å²) in [5, 5.41) is 0. The Morgan fingerprint density at radius 2 is 1.58 bits per heavy atom. The topological polar surface area (TPSA) is 49.4 Å². The molecule has 0 aliphatic carbocycles. The molecule has 1 aromatic carbocycles. The van der Waals surface area contributed by atoms with Crippen LogP contribution in [0.1, 0.15) is 78.6 Å². The maximum absolute atomic E-state index is 12.2. The average molecular weight is 381 g/mol. The van der Waals surface area contributed by atoms with Gasteiger partial charge in [0.25, 0.3) is 0 Å². The molecule has 1 unspecified atom stereocenters. The Morgan fingerprint density at radius 3 is 2.19 bits per heavy atom. The lowest BCUT2D eigenvalue weighted by Gasteiger charge is -2.17. The van der Waals surface area contributed by atoms with Crippen molar-refractivity contribution in [2.75, 3.05) is 18.0 Å². The molecule has 1 aromatic rings. The first-order valence-electron chi connectivity index (χ1n) is 10.3. The van der Waals surface area contributed by atoms with Gasteiger partial charge in [-0.25, -0.2) is 4.21 Å². The molecule has 1 aliphatic heterocycles. The van der Waals surface area contributed by atoms with Crippen LogP contribution in [-0.4, -0.2) is 23.2 Å². The molecule has 0 aromatic heterocycles. The molecule has 0 bridgehead atoms. The second-order valence-electron chi connectivity index (χ2n) is 6.50. The Kier molecular flexibility index (Phi) is 12.0. The minimum atomic E-state index is -1.45.